The SMILES string of the molecule is CCCn1c(C2CCS(=O)(=O)C2)n[nH]c1=S. The fourth-order valence-corrected chi connectivity index (χ4v) is 4.05. The van der Waals surface area contributed by atoms with Crippen LogP contribution in [0.2, 0.25) is 0 Å². The lowest BCUT2D eigenvalue weighted by Crippen LogP contribution is -2.11. The van der Waals surface area contributed by atoms with Gasteiger partial charge in [0, 0.05) is 12.5 Å². The van der Waals surface area contributed by atoms with Crippen LogP contribution in [-0.2, 0) is 16.4 Å². The van der Waals surface area contributed by atoms with Crippen molar-refractivity contribution in [2.24, 2.45) is 0 Å². The van der Waals surface area contributed by atoms with E-state index in [1.54, 1.807) is 0 Å². The van der Waals surface area contributed by atoms with Gasteiger partial charge < -0.3 is 4.57 Å². The summed E-state index contributed by atoms with van der Waals surface area (Å²) in [5.41, 5.74) is 0. The predicted molar refractivity (Wildman–Crippen MR) is 63.7 cm³/mol. The highest BCUT2D eigenvalue weighted by molar-refractivity contribution is 7.91. The van der Waals surface area contributed by atoms with E-state index in [9.17, 15) is 8.42 Å². The Bertz CT molecular complexity index is 529. The highest BCUT2D eigenvalue weighted by Crippen LogP contribution is 2.27. The Balaban J connectivity index is 2.31. The number of H-pyrrole nitrogens is 1. The van der Waals surface area contributed by atoms with Crippen LogP contribution in [-0.4, -0.2) is 34.7 Å². The molecule has 1 aliphatic rings. The minimum atomic E-state index is -2.87. The monoisotopic (exact) mass is 261 g/mol. The Kier molecular flexibility index (Phi) is 3.16. The van der Waals surface area contributed by atoms with Gasteiger partial charge in [0.25, 0.3) is 0 Å². The van der Waals surface area contributed by atoms with Crippen LogP contribution in [0, 0.1) is 4.77 Å². The summed E-state index contributed by atoms with van der Waals surface area (Å²) in [6.07, 6.45) is 1.62. The Labute approximate surface area is 99.8 Å². The molecule has 1 atom stereocenters. The van der Waals surface area contributed by atoms with Crippen molar-refractivity contribution < 1.29 is 8.42 Å². The largest absolute Gasteiger partial charge is 0.304 e. The van der Waals surface area contributed by atoms with Crippen molar-refractivity contribution in [2.45, 2.75) is 32.2 Å². The molecule has 0 bridgehead atoms. The number of hydrogen-bond acceptors (Lipinski definition) is 4. The average Bonchev–Trinajstić information content (AvgIpc) is 2.72. The lowest BCUT2D eigenvalue weighted by atomic mass is 10.1. The Morgan fingerprint density at radius 3 is 2.94 bits per heavy atom. The summed E-state index contributed by atoms with van der Waals surface area (Å²) in [5, 5.41) is 6.91. The summed E-state index contributed by atoms with van der Waals surface area (Å²) in [7, 11) is -2.87. The van der Waals surface area contributed by atoms with Gasteiger partial charge in [-0.3, -0.25) is 5.10 Å². The van der Waals surface area contributed by atoms with Crippen LogP contribution in [0.5, 0.6) is 0 Å². The van der Waals surface area contributed by atoms with Gasteiger partial charge in [0.15, 0.2) is 14.6 Å². The lowest BCUT2D eigenvalue weighted by molar-refractivity contribution is 0.585. The molecule has 1 unspecified atom stereocenters. The van der Waals surface area contributed by atoms with Crippen molar-refractivity contribution in [1.82, 2.24) is 14.8 Å². The Morgan fingerprint density at radius 2 is 2.38 bits per heavy atom. The van der Waals surface area contributed by atoms with Gasteiger partial charge >= 0.3 is 0 Å². The fraction of sp³-hybridized carbons (Fsp3) is 0.778. The van der Waals surface area contributed by atoms with Gasteiger partial charge in [0.1, 0.15) is 5.82 Å². The topological polar surface area (TPSA) is 67.8 Å². The number of rotatable bonds is 3. The molecular weight excluding hydrogens is 246 g/mol. The van der Waals surface area contributed by atoms with Crippen molar-refractivity contribution in [2.75, 3.05) is 11.5 Å². The molecule has 7 heteroatoms. The van der Waals surface area contributed by atoms with E-state index in [-0.39, 0.29) is 17.4 Å². The second kappa shape index (κ2) is 4.29. The van der Waals surface area contributed by atoms with E-state index in [4.69, 9.17) is 12.2 Å². The molecule has 5 nitrogen and oxygen atoms in total. The molecule has 1 aromatic rings. The molecule has 2 heterocycles. The van der Waals surface area contributed by atoms with Gasteiger partial charge in [-0.1, -0.05) is 6.92 Å². The molecule has 0 aromatic carbocycles. The summed E-state index contributed by atoms with van der Waals surface area (Å²) in [5.74, 6) is 1.28. The number of hydrogen-bond donors (Lipinski definition) is 1. The maximum Gasteiger partial charge on any atom is 0.195 e. The molecule has 90 valence electrons. The van der Waals surface area contributed by atoms with Gasteiger partial charge in [-0.2, -0.15) is 5.10 Å². The zero-order valence-corrected chi connectivity index (χ0v) is 10.8. The van der Waals surface area contributed by atoms with Crippen molar-refractivity contribution in [3.8, 4) is 0 Å². The van der Waals surface area contributed by atoms with E-state index in [1.165, 1.54) is 0 Å². The van der Waals surface area contributed by atoms with E-state index in [1.807, 2.05) is 4.57 Å². The number of sulfone groups is 1. The molecule has 0 radical (unpaired) electrons. The summed E-state index contributed by atoms with van der Waals surface area (Å²) < 4.78 is 25.3. The van der Waals surface area contributed by atoms with Crippen molar-refractivity contribution in [3.63, 3.8) is 0 Å². The third-order valence-electron chi connectivity index (χ3n) is 2.83. The van der Waals surface area contributed by atoms with Gasteiger partial charge in [-0.15, -0.1) is 0 Å². The van der Waals surface area contributed by atoms with Gasteiger partial charge in [0.2, 0.25) is 0 Å². The van der Waals surface area contributed by atoms with E-state index in [2.05, 4.69) is 17.1 Å². The van der Waals surface area contributed by atoms with Crippen molar-refractivity contribution in [1.29, 1.82) is 0 Å². The highest BCUT2D eigenvalue weighted by Gasteiger charge is 2.32. The minimum absolute atomic E-state index is 0.00417. The number of aromatic amines is 1. The second-order valence-electron chi connectivity index (χ2n) is 4.14. The molecule has 0 saturated carbocycles. The number of nitrogens with zero attached hydrogens (tertiary/aromatic N) is 2. The number of nitrogens with one attached hydrogen (secondary N) is 1. The van der Waals surface area contributed by atoms with Gasteiger partial charge in [-0.05, 0) is 25.1 Å². The first-order valence-corrected chi connectivity index (χ1v) is 7.62. The first-order chi connectivity index (χ1) is 7.53. The van der Waals surface area contributed by atoms with Gasteiger partial charge in [0.05, 0.1) is 11.5 Å². The molecule has 1 fully saturated rings. The zero-order valence-electron chi connectivity index (χ0n) is 9.14. The molecule has 2 rings (SSSR count). The second-order valence-corrected chi connectivity index (χ2v) is 6.75. The summed E-state index contributed by atoms with van der Waals surface area (Å²) >= 11 is 5.13. The molecule has 1 saturated heterocycles. The van der Waals surface area contributed by atoms with Crippen LogP contribution in [0.3, 0.4) is 0 Å². The van der Waals surface area contributed by atoms with E-state index in [0.29, 0.717) is 11.2 Å². The minimum Gasteiger partial charge on any atom is -0.304 e. The fourth-order valence-electron chi connectivity index (χ4n) is 2.08. The molecule has 0 aliphatic carbocycles. The maximum absolute atomic E-state index is 11.4. The molecule has 16 heavy (non-hydrogen) atoms. The van der Waals surface area contributed by atoms with Crippen LogP contribution in [0.4, 0.5) is 0 Å². The molecule has 1 N–H and O–H groups in total. The van der Waals surface area contributed by atoms with Crippen LogP contribution in [0.1, 0.15) is 31.5 Å². The Morgan fingerprint density at radius 1 is 1.62 bits per heavy atom. The summed E-state index contributed by atoms with van der Waals surface area (Å²) in [6.45, 7) is 2.85. The lowest BCUT2D eigenvalue weighted by Gasteiger charge is -2.09. The molecule has 1 aliphatic heterocycles. The smallest absolute Gasteiger partial charge is 0.195 e. The molecule has 1 aromatic heterocycles. The summed E-state index contributed by atoms with van der Waals surface area (Å²) in [6, 6.07) is 0. The van der Waals surface area contributed by atoms with E-state index < -0.39 is 9.84 Å². The third kappa shape index (κ3) is 2.20. The van der Waals surface area contributed by atoms with E-state index in [0.717, 1.165) is 18.8 Å². The normalized spacial score (nSPS) is 23.7. The predicted octanol–water partition coefficient (Wildman–Crippen LogP) is 1.25. The van der Waals surface area contributed by atoms with Crippen molar-refractivity contribution in [3.05, 3.63) is 10.6 Å². The van der Waals surface area contributed by atoms with Gasteiger partial charge in [-0.25, -0.2) is 8.42 Å². The molecule has 0 amide bonds. The Hall–Kier alpha value is -0.690. The van der Waals surface area contributed by atoms with E-state index >= 15 is 0 Å². The first-order valence-electron chi connectivity index (χ1n) is 5.39. The summed E-state index contributed by atoms with van der Waals surface area (Å²) in [4.78, 5) is 0. The number of aromatic nitrogens is 3. The first kappa shape index (κ1) is 11.8. The third-order valence-corrected chi connectivity index (χ3v) is 4.91. The quantitative estimate of drug-likeness (QED) is 0.832. The highest BCUT2D eigenvalue weighted by atomic mass is 32.2. The average molecular weight is 261 g/mol. The maximum atomic E-state index is 11.4. The van der Waals surface area contributed by atoms with Crippen LogP contribution in [0.25, 0.3) is 0 Å². The van der Waals surface area contributed by atoms with Crippen LogP contribution >= 0.6 is 12.2 Å². The van der Waals surface area contributed by atoms with Crippen molar-refractivity contribution >= 4 is 22.1 Å². The molecule has 0 spiro atoms. The van der Waals surface area contributed by atoms with Crippen LogP contribution < -0.4 is 0 Å². The standard InChI is InChI=1S/C9H15N3O2S2/c1-2-4-12-8(10-11-9(12)15)7-3-5-16(13,14)6-7/h7H,2-6H2,1H3,(H,11,15). The molecular formula is C9H15N3O2S2. The van der Waals surface area contributed by atoms with Crippen LogP contribution in [0.15, 0.2) is 0 Å². The zero-order chi connectivity index (χ0) is 11.8.